The van der Waals surface area contributed by atoms with Crippen LogP contribution in [-0.2, 0) is 10.9 Å². The normalized spacial score (nSPS) is 23.4. The molecule has 62 valence electrons. The molecule has 0 aromatic carbocycles. The van der Waals surface area contributed by atoms with Crippen LogP contribution in [0.25, 0.3) is 0 Å². The minimum absolute atomic E-state index is 0.639. The Hall–Kier alpha value is 0.230. The summed E-state index contributed by atoms with van der Waals surface area (Å²) in [6.45, 7) is 4.72. The smallest absolute Gasteiger partial charge is 0.218 e. The van der Waals surface area contributed by atoms with Crippen LogP contribution in [0.1, 0.15) is 20.8 Å². The van der Waals surface area contributed by atoms with Crippen molar-refractivity contribution in [2.75, 3.05) is 0 Å². The van der Waals surface area contributed by atoms with Crippen LogP contribution in [0.2, 0.25) is 0 Å². The molecule has 3 unspecified atom stereocenters. The van der Waals surface area contributed by atoms with Crippen molar-refractivity contribution < 1.29 is 15.3 Å². The lowest BCUT2D eigenvalue weighted by atomic mass is 10.8. The minimum Gasteiger partial charge on any atom is -0.350 e. The van der Waals surface area contributed by atoms with Gasteiger partial charge in [0, 0.05) is 20.8 Å². The van der Waals surface area contributed by atoms with E-state index in [1.807, 2.05) is 0 Å². The van der Waals surface area contributed by atoms with Gasteiger partial charge in [-0.2, -0.15) is 0 Å². The monoisotopic (exact) mass is 167 g/mol. The molecule has 0 fully saturated rings. The van der Waals surface area contributed by atoms with Crippen molar-refractivity contribution in [2.45, 2.75) is 37.1 Å². The Kier molecular flexibility index (Phi) is 4.28. The van der Waals surface area contributed by atoms with Gasteiger partial charge < -0.3 is 15.3 Å². The van der Waals surface area contributed by atoms with E-state index in [0.29, 0.717) is 0 Å². The molecule has 3 atom stereocenters. The number of aliphatic hydroxyl groups excluding tert-OH is 3. The van der Waals surface area contributed by atoms with Crippen LogP contribution in [-0.4, -0.2) is 31.6 Å². The molecule has 0 amide bonds. The molecule has 0 bridgehead atoms. The Bertz CT molecular complexity index is 74.0. The van der Waals surface area contributed by atoms with E-state index < -0.39 is 27.2 Å². The predicted molar refractivity (Wildman–Crippen MR) is 42.4 cm³/mol. The van der Waals surface area contributed by atoms with Gasteiger partial charge in [0.1, 0.15) is 0 Å². The van der Waals surface area contributed by atoms with Crippen molar-refractivity contribution in [3.05, 3.63) is 0 Å². The average Bonchev–Trinajstić information content (AvgIpc) is 1.59. The first-order valence-electron chi connectivity index (χ1n) is 3.21. The Balaban J connectivity index is 3.98. The van der Waals surface area contributed by atoms with Crippen LogP contribution < -0.4 is 0 Å². The predicted octanol–water partition coefficient (Wildman–Crippen LogP) is -0.380. The van der Waals surface area contributed by atoms with Gasteiger partial charge in [-0.15, -0.1) is 0 Å². The van der Waals surface area contributed by atoms with Crippen LogP contribution in [0.5, 0.6) is 0 Å². The average molecular weight is 167 g/mol. The lowest BCUT2D eigenvalue weighted by molar-refractivity contribution is 0.221. The molecule has 3 nitrogen and oxygen atoms in total. The lowest BCUT2D eigenvalue weighted by Gasteiger charge is -2.15. The fraction of sp³-hybridized carbons (Fsp3) is 1.00. The Morgan fingerprint density at radius 2 is 1.00 bits per heavy atom. The SMILES string of the molecule is CC(O)[S+](C(C)O)C(C)O. The Labute approximate surface area is 64.0 Å². The quantitative estimate of drug-likeness (QED) is 0.502. The molecular weight excluding hydrogens is 152 g/mol. The van der Waals surface area contributed by atoms with Gasteiger partial charge in [0.15, 0.2) is 0 Å². The van der Waals surface area contributed by atoms with Crippen LogP contribution >= 0.6 is 0 Å². The first kappa shape index (κ1) is 10.2. The van der Waals surface area contributed by atoms with Gasteiger partial charge in [0.25, 0.3) is 0 Å². The summed E-state index contributed by atoms with van der Waals surface area (Å²) in [6.07, 6.45) is 0. The molecule has 0 aliphatic heterocycles. The van der Waals surface area contributed by atoms with E-state index >= 15 is 0 Å². The Morgan fingerprint density at radius 1 is 0.800 bits per heavy atom. The molecule has 0 aromatic heterocycles. The molecule has 0 spiro atoms. The zero-order valence-corrected chi connectivity index (χ0v) is 7.30. The Morgan fingerprint density at radius 3 is 1.00 bits per heavy atom. The van der Waals surface area contributed by atoms with E-state index in [0.717, 1.165) is 0 Å². The summed E-state index contributed by atoms with van der Waals surface area (Å²) < 4.78 is 0. The molecule has 0 saturated heterocycles. The molecule has 0 aliphatic carbocycles. The molecule has 0 aliphatic rings. The van der Waals surface area contributed by atoms with Crippen LogP contribution in [0.4, 0.5) is 0 Å². The van der Waals surface area contributed by atoms with Crippen molar-refractivity contribution in [2.24, 2.45) is 0 Å². The van der Waals surface area contributed by atoms with E-state index in [9.17, 15) is 0 Å². The maximum atomic E-state index is 9.05. The lowest BCUT2D eigenvalue weighted by Crippen LogP contribution is -2.36. The van der Waals surface area contributed by atoms with Crippen molar-refractivity contribution >= 4 is 10.9 Å². The van der Waals surface area contributed by atoms with Crippen molar-refractivity contribution in [1.29, 1.82) is 0 Å². The number of aliphatic hydroxyl groups is 3. The topological polar surface area (TPSA) is 60.7 Å². The highest BCUT2D eigenvalue weighted by molar-refractivity contribution is 7.98. The maximum absolute atomic E-state index is 9.05. The number of hydrogen-bond acceptors (Lipinski definition) is 3. The van der Waals surface area contributed by atoms with E-state index in [4.69, 9.17) is 15.3 Å². The molecule has 4 heteroatoms. The molecule has 0 heterocycles. The highest BCUT2D eigenvalue weighted by atomic mass is 32.2. The fourth-order valence-corrected chi connectivity index (χ4v) is 2.57. The fourth-order valence-electron chi connectivity index (χ4n) is 0.855. The maximum Gasteiger partial charge on any atom is 0.218 e. The second kappa shape index (κ2) is 4.18. The molecule has 3 N–H and O–H groups in total. The molecule has 0 aromatic rings. The second-order valence-corrected chi connectivity index (χ2v) is 5.07. The number of hydrogen-bond donors (Lipinski definition) is 3. The summed E-state index contributed by atoms with van der Waals surface area (Å²) >= 11 is 0. The van der Waals surface area contributed by atoms with Crippen molar-refractivity contribution in [1.82, 2.24) is 0 Å². The molecule has 0 rings (SSSR count). The summed E-state index contributed by atoms with van der Waals surface area (Å²) in [5.74, 6) is 0. The van der Waals surface area contributed by atoms with Gasteiger partial charge in [-0.3, -0.25) is 0 Å². The van der Waals surface area contributed by atoms with Crippen molar-refractivity contribution in [3.63, 3.8) is 0 Å². The first-order valence-corrected chi connectivity index (χ1v) is 4.63. The van der Waals surface area contributed by atoms with Crippen LogP contribution in [0, 0.1) is 0 Å². The highest BCUT2D eigenvalue weighted by Gasteiger charge is 2.35. The molecular formula is C6H15O3S+. The van der Waals surface area contributed by atoms with Gasteiger partial charge in [0.05, 0.1) is 10.9 Å². The van der Waals surface area contributed by atoms with E-state index in [2.05, 4.69) is 0 Å². The van der Waals surface area contributed by atoms with Gasteiger partial charge in [-0.05, 0) is 0 Å². The van der Waals surface area contributed by atoms with E-state index in [-0.39, 0.29) is 0 Å². The highest BCUT2D eigenvalue weighted by Crippen LogP contribution is 2.13. The third-order valence-electron chi connectivity index (χ3n) is 1.18. The van der Waals surface area contributed by atoms with Crippen LogP contribution in [0.3, 0.4) is 0 Å². The summed E-state index contributed by atoms with van der Waals surface area (Å²) in [6, 6.07) is 0. The van der Waals surface area contributed by atoms with Gasteiger partial charge >= 0.3 is 0 Å². The zero-order valence-electron chi connectivity index (χ0n) is 6.48. The van der Waals surface area contributed by atoms with E-state index in [1.165, 1.54) is 0 Å². The molecule has 10 heavy (non-hydrogen) atoms. The zero-order chi connectivity index (χ0) is 8.31. The van der Waals surface area contributed by atoms with Crippen molar-refractivity contribution in [3.8, 4) is 0 Å². The van der Waals surface area contributed by atoms with Gasteiger partial charge in [-0.1, -0.05) is 0 Å². The summed E-state index contributed by atoms with van der Waals surface area (Å²) in [7, 11) is -0.713. The first-order chi connectivity index (χ1) is 4.46. The molecule has 0 saturated carbocycles. The minimum atomic E-state index is -0.713. The van der Waals surface area contributed by atoms with E-state index in [1.54, 1.807) is 20.8 Å². The number of rotatable bonds is 3. The summed E-state index contributed by atoms with van der Waals surface area (Å²) in [4.78, 5) is 0. The summed E-state index contributed by atoms with van der Waals surface area (Å²) in [5.41, 5.74) is -1.92. The summed E-state index contributed by atoms with van der Waals surface area (Å²) in [5, 5.41) is 27.1. The third-order valence-corrected chi connectivity index (χ3v) is 3.54. The third kappa shape index (κ3) is 2.88. The van der Waals surface area contributed by atoms with Crippen LogP contribution in [0.15, 0.2) is 0 Å². The second-order valence-electron chi connectivity index (χ2n) is 2.21. The van der Waals surface area contributed by atoms with Gasteiger partial charge in [-0.25, -0.2) is 0 Å². The largest absolute Gasteiger partial charge is 0.350 e. The van der Waals surface area contributed by atoms with Gasteiger partial charge in [0.2, 0.25) is 16.3 Å². The molecule has 0 radical (unpaired) electrons. The standard InChI is InChI=1S/C6H15O3S/c1-4(7)10(5(2)8)6(3)9/h4-9H,1-3H3/q+1.